The molecule has 4 rings (SSSR count). The molecule has 2 fully saturated rings. The molecular formula is C25H33N5O4. The molecule has 0 aliphatic carbocycles. The molecule has 1 spiro atoms. The van der Waals surface area contributed by atoms with Gasteiger partial charge in [0, 0.05) is 26.2 Å². The van der Waals surface area contributed by atoms with Crippen molar-refractivity contribution in [2.45, 2.75) is 52.2 Å². The van der Waals surface area contributed by atoms with Crippen molar-refractivity contribution in [3.05, 3.63) is 46.9 Å². The fourth-order valence-electron chi connectivity index (χ4n) is 4.86. The summed E-state index contributed by atoms with van der Waals surface area (Å²) in [5.41, 5.74) is 6.01. The SMILES string of the molecule is CC(C)(C)OC(=O)N1CCC2(CC1)CCN(c1ncc(-c3ccccc3)n(CC(N)=O)c1=O)C2. The van der Waals surface area contributed by atoms with Crippen molar-refractivity contribution in [2.75, 3.05) is 31.1 Å². The standard InChI is InChI=1S/C25H33N5O4/c1-24(2,3)34-23(33)28-12-9-25(10-13-28)11-14-29(17-25)21-22(32)30(16-20(26)31)19(15-27-21)18-7-5-4-6-8-18/h4-8,15H,9-14,16-17H2,1-3H3,(H2,26,31). The number of aromatic nitrogens is 2. The molecule has 2 amide bonds. The van der Waals surface area contributed by atoms with Gasteiger partial charge in [-0.15, -0.1) is 0 Å². The molecule has 0 unspecified atom stereocenters. The Morgan fingerprint density at radius 3 is 2.35 bits per heavy atom. The molecule has 2 aromatic rings. The van der Waals surface area contributed by atoms with E-state index in [9.17, 15) is 14.4 Å². The van der Waals surface area contributed by atoms with Gasteiger partial charge in [-0.05, 0) is 51.0 Å². The number of carbonyl (C=O) groups excluding carboxylic acids is 2. The van der Waals surface area contributed by atoms with Crippen LogP contribution in [0.4, 0.5) is 10.6 Å². The van der Waals surface area contributed by atoms with E-state index in [2.05, 4.69) is 4.98 Å². The minimum atomic E-state index is -0.580. The maximum absolute atomic E-state index is 13.4. The monoisotopic (exact) mass is 467 g/mol. The lowest BCUT2D eigenvalue weighted by molar-refractivity contribution is -0.118. The minimum Gasteiger partial charge on any atom is -0.444 e. The Morgan fingerprint density at radius 1 is 1.09 bits per heavy atom. The van der Waals surface area contributed by atoms with E-state index < -0.39 is 11.5 Å². The lowest BCUT2D eigenvalue weighted by Gasteiger charge is -2.39. The zero-order valence-electron chi connectivity index (χ0n) is 20.1. The maximum Gasteiger partial charge on any atom is 0.410 e. The summed E-state index contributed by atoms with van der Waals surface area (Å²) in [4.78, 5) is 45.9. The number of carbonyl (C=O) groups is 2. The summed E-state index contributed by atoms with van der Waals surface area (Å²) in [5, 5.41) is 0. The molecule has 0 saturated carbocycles. The first-order valence-electron chi connectivity index (χ1n) is 11.7. The number of nitrogens with two attached hydrogens (primary N) is 1. The molecule has 9 heteroatoms. The Morgan fingerprint density at radius 2 is 1.74 bits per heavy atom. The van der Waals surface area contributed by atoms with E-state index in [1.165, 1.54) is 4.57 Å². The van der Waals surface area contributed by atoms with E-state index in [0.29, 0.717) is 37.7 Å². The van der Waals surface area contributed by atoms with Crippen molar-refractivity contribution in [1.82, 2.24) is 14.5 Å². The van der Waals surface area contributed by atoms with Crippen LogP contribution in [-0.4, -0.2) is 58.2 Å². The predicted molar refractivity (Wildman–Crippen MR) is 129 cm³/mol. The van der Waals surface area contributed by atoms with E-state index in [-0.39, 0.29) is 23.6 Å². The largest absolute Gasteiger partial charge is 0.444 e. The molecule has 3 heterocycles. The van der Waals surface area contributed by atoms with Gasteiger partial charge >= 0.3 is 6.09 Å². The van der Waals surface area contributed by atoms with Crippen LogP contribution in [0.25, 0.3) is 11.3 Å². The van der Waals surface area contributed by atoms with Gasteiger partial charge in [0.05, 0.1) is 11.9 Å². The molecule has 2 aliphatic heterocycles. The maximum atomic E-state index is 13.4. The van der Waals surface area contributed by atoms with Crippen molar-refractivity contribution in [1.29, 1.82) is 0 Å². The number of nitrogens with zero attached hydrogens (tertiary/aromatic N) is 4. The highest BCUT2D eigenvalue weighted by Crippen LogP contribution is 2.41. The summed E-state index contributed by atoms with van der Waals surface area (Å²) >= 11 is 0. The van der Waals surface area contributed by atoms with E-state index in [4.69, 9.17) is 10.5 Å². The Bertz CT molecular complexity index is 1110. The topological polar surface area (TPSA) is 111 Å². The lowest BCUT2D eigenvalue weighted by atomic mass is 9.78. The van der Waals surface area contributed by atoms with Crippen LogP contribution in [0.3, 0.4) is 0 Å². The highest BCUT2D eigenvalue weighted by atomic mass is 16.6. The van der Waals surface area contributed by atoms with Crippen LogP contribution >= 0.6 is 0 Å². The number of anilines is 1. The van der Waals surface area contributed by atoms with Crippen LogP contribution in [0, 0.1) is 5.41 Å². The minimum absolute atomic E-state index is 0.0270. The molecule has 182 valence electrons. The quantitative estimate of drug-likeness (QED) is 0.740. The van der Waals surface area contributed by atoms with Crippen molar-refractivity contribution in [3.8, 4) is 11.3 Å². The molecule has 34 heavy (non-hydrogen) atoms. The van der Waals surface area contributed by atoms with Crippen molar-refractivity contribution >= 4 is 17.8 Å². The summed E-state index contributed by atoms with van der Waals surface area (Å²) in [6.45, 7) is 8.06. The first kappa shape index (κ1) is 23.8. The van der Waals surface area contributed by atoms with E-state index in [1.54, 1.807) is 11.1 Å². The molecule has 2 N–H and O–H groups in total. The number of hydrogen-bond acceptors (Lipinski definition) is 6. The van der Waals surface area contributed by atoms with Gasteiger partial charge in [0.25, 0.3) is 5.56 Å². The smallest absolute Gasteiger partial charge is 0.410 e. The molecule has 0 atom stereocenters. The van der Waals surface area contributed by atoms with Gasteiger partial charge in [0.1, 0.15) is 12.1 Å². The Hall–Kier alpha value is -3.36. The number of benzene rings is 1. The number of rotatable bonds is 4. The van der Waals surface area contributed by atoms with Gasteiger partial charge in [-0.2, -0.15) is 0 Å². The van der Waals surface area contributed by atoms with Crippen LogP contribution in [0.1, 0.15) is 40.0 Å². The van der Waals surface area contributed by atoms with E-state index in [1.807, 2.05) is 56.0 Å². The number of hydrogen-bond donors (Lipinski definition) is 1. The van der Waals surface area contributed by atoms with Gasteiger partial charge < -0.3 is 20.3 Å². The first-order valence-corrected chi connectivity index (χ1v) is 11.7. The van der Waals surface area contributed by atoms with Crippen molar-refractivity contribution in [3.63, 3.8) is 0 Å². The van der Waals surface area contributed by atoms with E-state index >= 15 is 0 Å². The fourth-order valence-corrected chi connectivity index (χ4v) is 4.86. The number of amides is 2. The zero-order chi connectivity index (χ0) is 24.5. The molecule has 2 aliphatic rings. The third-order valence-corrected chi connectivity index (χ3v) is 6.63. The molecule has 1 aromatic heterocycles. The highest BCUT2D eigenvalue weighted by Gasteiger charge is 2.43. The third kappa shape index (κ3) is 5.08. The predicted octanol–water partition coefficient (Wildman–Crippen LogP) is 2.62. The molecule has 0 radical (unpaired) electrons. The summed E-state index contributed by atoms with van der Waals surface area (Å²) in [6, 6.07) is 9.37. The number of primary amides is 1. The molecule has 0 bridgehead atoms. The second-order valence-corrected chi connectivity index (χ2v) is 10.3. The lowest BCUT2D eigenvalue weighted by Crippen LogP contribution is -2.46. The second-order valence-electron chi connectivity index (χ2n) is 10.3. The molecule has 9 nitrogen and oxygen atoms in total. The summed E-state index contributed by atoms with van der Waals surface area (Å²) < 4.78 is 6.92. The molecular weight excluding hydrogens is 434 g/mol. The number of ether oxygens (including phenoxy) is 1. The van der Waals surface area contributed by atoms with Crippen LogP contribution in [0.5, 0.6) is 0 Å². The first-order chi connectivity index (χ1) is 16.1. The number of likely N-dealkylation sites (tertiary alicyclic amines) is 1. The third-order valence-electron chi connectivity index (χ3n) is 6.63. The Balaban J connectivity index is 1.52. The highest BCUT2D eigenvalue weighted by molar-refractivity contribution is 5.75. The summed E-state index contributed by atoms with van der Waals surface area (Å²) in [5.74, 6) is -0.240. The van der Waals surface area contributed by atoms with Crippen LogP contribution in [0.2, 0.25) is 0 Å². The molecule has 2 saturated heterocycles. The normalized spacial score (nSPS) is 17.7. The van der Waals surface area contributed by atoms with Crippen LogP contribution in [-0.2, 0) is 16.1 Å². The Kier molecular flexibility index (Phi) is 6.38. The van der Waals surface area contributed by atoms with Crippen molar-refractivity contribution in [2.24, 2.45) is 11.1 Å². The summed E-state index contributed by atoms with van der Waals surface area (Å²) in [7, 11) is 0. The van der Waals surface area contributed by atoms with Crippen LogP contribution in [0.15, 0.2) is 41.3 Å². The van der Waals surface area contributed by atoms with Gasteiger partial charge in [-0.3, -0.25) is 14.2 Å². The van der Waals surface area contributed by atoms with Crippen molar-refractivity contribution < 1.29 is 14.3 Å². The second kappa shape index (κ2) is 9.12. The summed E-state index contributed by atoms with van der Waals surface area (Å²) in [6.07, 6.45) is 3.99. The van der Waals surface area contributed by atoms with Gasteiger partial charge in [0.2, 0.25) is 5.91 Å². The number of piperidine rings is 1. The van der Waals surface area contributed by atoms with Crippen LogP contribution < -0.4 is 16.2 Å². The van der Waals surface area contributed by atoms with Gasteiger partial charge in [0.15, 0.2) is 5.82 Å². The Labute approximate surface area is 199 Å². The average molecular weight is 468 g/mol. The van der Waals surface area contributed by atoms with E-state index in [0.717, 1.165) is 24.8 Å². The molecule has 1 aromatic carbocycles. The average Bonchev–Trinajstić information content (AvgIpc) is 3.18. The van der Waals surface area contributed by atoms with Gasteiger partial charge in [-0.25, -0.2) is 9.78 Å². The fraction of sp³-hybridized carbons (Fsp3) is 0.520. The van der Waals surface area contributed by atoms with Gasteiger partial charge in [-0.1, -0.05) is 30.3 Å². The zero-order valence-corrected chi connectivity index (χ0v) is 20.1.